The molecule has 0 bridgehead atoms. The fourth-order valence-corrected chi connectivity index (χ4v) is 4.55. The zero-order valence-corrected chi connectivity index (χ0v) is 18.0. The number of aryl methyl sites for hydroxylation is 2. The molecule has 1 amide bonds. The lowest BCUT2D eigenvalue weighted by molar-refractivity contribution is 0.0932. The van der Waals surface area contributed by atoms with Crippen LogP contribution in [0.2, 0.25) is 0 Å². The van der Waals surface area contributed by atoms with E-state index in [-0.39, 0.29) is 5.91 Å². The summed E-state index contributed by atoms with van der Waals surface area (Å²) >= 11 is 0. The number of carbonyl (C=O) groups is 1. The number of rotatable bonds is 6. The number of fused-ring (bicyclic) bond motifs is 2. The van der Waals surface area contributed by atoms with Crippen LogP contribution in [0.25, 0.3) is 0 Å². The van der Waals surface area contributed by atoms with Crippen molar-refractivity contribution in [3.05, 3.63) is 46.5 Å². The van der Waals surface area contributed by atoms with Crippen LogP contribution in [0.4, 0.5) is 0 Å². The lowest BCUT2D eigenvalue weighted by atomic mass is 9.89. The quantitative estimate of drug-likeness (QED) is 0.801. The van der Waals surface area contributed by atoms with E-state index >= 15 is 0 Å². The molecule has 1 aromatic carbocycles. The van der Waals surface area contributed by atoms with Gasteiger partial charge in [-0.25, -0.2) is 0 Å². The monoisotopic (exact) mass is 396 g/mol. The van der Waals surface area contributed by atoms with Crippen molar-refractivity contribution in [3.8, 4) is 0 Å². The van der Waals surface area contributed by atoms with Crippen LogP contribution in [0.15, 0.2) is 18.2 Å². The third-order valence-electron chi connectivity index (χ3n) is 6.37. The van der Waals surface area contributed by atoms with Gasteiger partial charge in [0.15, 0.2) is 0 Å². The summed E-state index contributed by atoms with van der Waals surface area (Å²) < 4.78 is 2.05. The minimum Gasteiger partial charge on any atom is -0.348 e. The molecule has 1 N–H and O–H groups in total. The Morgan fingerprint density at radius 2 is 1.93 bits per heavy atom. The molecule has 0 saturated carbocycles. The summed E-state index contributed by atoms with van der Waals surface area (Å²) in [7, 11) is 3.99. The molecule has 1 saturated heterocycles. The van der Waals surface area contributed by atoms with Crippen LogP contribution < -0.4 is 5.32 Å². The molecule has 7 heteroatoms. The molecule has 3 heterocycles. The maximum absolute atomic E-state index is 12.6. The Hall–Kier alpha value is -2.25. The van der Waals surface area contributed by atoms with Crippen molar-refractivity contribution in [1.82, 2.24) is 29.9 Å². The largest absolute Gasteiger partial charge is 0.348 e. The molecule has 2 aliphatic rings. The van der Waals surface area contributed by atoms with Crippen LogP contribution in [0.1, 0.15) is 33.1 Å². The van der Waals surface area contributed by atoms with Gasteiger partial charge in [-0.3, -0.25) is 9.69 Å². The number of likely N-dealkylation sites (tertiary alicyclic amines) is 1. The maximum Gasteiger partial charge on any atom is 0.289 e. The van der Waals surface area contributed by atoms with Crippen LogP contribution in [-0.4, -0.2) is 70.7 Å². The van der Waals surface area contributed by atoms with Gasteiger partial charge in [-0.15, -0.1) is 10.2 Å². The molecule has 4 rings (SSSR count). The normalized spacial score (nSPS) is 21.3. The predicted molar refractivity (Wildman–Crippen MR) is 113 cm³/mol. The number of aromatic nitrogens is 3. The third kappa shape index (κ3) is 4.36. The second-order valence-corrected chi connectivity index (χ2v) is 8.95. The average molecular weight is 397 g/mol. The highest BCUT2D eigenvalue weighted by atomic mass is 16.2. The Morgan fingerprint density at radius 1 is 1.14 bits per heavy atom. The molecule has 1 aromatic heterocycles. The second kappa shape index (κ2) is 8.24. The first kappa shape index (κ1) is 20.0. The molecule has 1 fully saturated rings. The Balaban J connectivity index is 1.39. The summed E-state index contributed by atoms with van der Waals surface area (Å²) in [6, 6.07) is 6.77. The smallest absolute Gasteiger partial charge is 0.289 e. The van der Waals surface area contributed by atoms with Crippen molar-refractivity contribution in [3.63, 3.8) is 0 Å². The first-order valence-corrected chi connectivity index (χ1v) is 10.5. The zero-order valence-electron chi connectivity index (χ0n) is 18.0. The number of likely N-dealkylation sites (N-methyl/N-ethyl adjacent to an activating group) is 1. The van der Waals surface area contributed by atoms with E-state index in [1.807, 2.05) is 23.6 Å². The SMILES string of the molecule is Cc1ccc(CN2CC3Cc4nnc(C(=O)NCCN(C)C)n4CC3C2)cc1C. The Labute approximate surface area is 173 Å². The molecule has 2 unspecified atom stereocenters. The molecule has 156 valence electrons. The summed E-state index contributed by atoms with van der Waals surface area (Å²) in [6.07, 6.45) is 0.909. The molecule has 0 aliphatic carbocycles. The van der Waals surface area contributed by atoms with Crippen molar-refractivity contribution in [2.24, 2.45) is 11.8 Å². The fourth-order valence-electron chi connectivity index (χ4n) is 4.55. The number of hydrogen-bond donors (Lipinski definition) is 1. The highest BCUT2D eigenvalue weighted by molar-refractivity contribution is 5.90. The van der Waals surface area contributed by atoms with E-state index in [0.717, 1.165) is 45.0 Å². The molecule has 7 nitrogen and oxygen atoms in total. The van der Waals surface area contributed by atoms with E-state index in [1.54, 1.807) is 0 Å². The topological polar surface area (TPSA) is 66.3 Å². The van der Waals surface area contributed by atoms with Crippen LogP contribution in [-0.2, 0) is 19.5 Å². The Bertz CT molecular complexity index is 889. The van der Waals surface area contributed by atoms with E-state index in [2.05, 4.69) is 52.5 Å². The summed E-state index contributed by atoms with van der Waals surface area (Å²) in [5.74, 6) is 2.46. The number of benzene rings is 1. The van der Waals surface area contributed by atoms with Crippen molar-refractivity contribution in [2.75, 3.05) is 40.3 Å². The zero-order chi connectivity index (χ0) is 20.5. The van der Waals surface area contributed by atoms with Gasteiger partial charge >= 0.3 is 0 Å². The number of nitrogens with zero attached hydrogens (tertiary/aromatic N) is 5. The Morgan fingerprint density at radius 3 is 2.69 bits per heavy atom. The molecule has 29 heavy (non-hydrogen) atoms. The van der Waals surface area contributed by atoms with Crippen molar-refractivity contribution in [2.45, 2.75) is 33.4 Å². The molecule has 2 aliphatic heterocycles. The molecule has 0 radical (unpaired) electrons. The minimum absolute atomic E-state index is 0.117. The van der Waals surface area contributed by atoms with E-state index in [0.29, 0.717) is 24.2 Å². The van der Waals surface area contributed by atoms with Crippen LogP contribution >= 0.6 is 0 Å². The summed E-state index contributed by atoms with van der Waals surface area (Å²) in [6.45, 7) is 9.76. The standard InChI is InChI=1S/C22H32N6O/c1-15-5-6-17(9-16(15)2)11-27-12-18-10-20-24-25-21(28(20)14-19(18)13-27)22(29)23-7-8-26(3)4/h5-6,9,18-19H,7-8,10-14H2,1-4H3,(H,23,29). The van der Waals surface area contributed by atoms with Gasteiger partial charge in [-0.1, -0.05) is 18.2 Å². The minimum atomic E-state index is -0.117. The van der Waals surface area contributed by atoms with Gasteiger partial charge in [-0.05, 0) is 56.5 Å². The summed E-state index contributed by atoms with van der Waals surface area (Å²) in [5, 5.41) is 11.5. The van der Waals surface area contributed by atoms with Crippen molar-refractivity contribution in [1.29, 1.82) is 0 Å². The van der Waals surface area contributed by atoms with Crippen LogP contribution in [0, 0.1) is 25.7 Å². The highest BCUT2D eigenvalue weighted by Gasteiger charge is 2.39. The molecule has 0 spiro atoms. The number of hydrogen-bond acceptors (Lipinski definition) is 5. The van der Waals surface area contributed by atoms with Gasteiger partial charge < -0.3 is 14.8 Å². The third-order valence-corrected chi connectivity index (χ3v) is 6.37. The number of carbonyl (C=O) groups excluding carboxylic acids is 1. The number of amides is 1. The van der Waals surface area contributed by atoms with Crippen LogP contribution in [0.3, 0.4) is 0 Å². The average Bonchev–Trinajstić information content (AvgIpc) is 3.25. The lowest BCUT2D eigenvalue weighted by Gasteiger charge is -2.25. The highest BCUT2D eigenvalue weighted by Crippen LogP contribution is 2.33. The predicted octanol–water partition coefficient (Wildman–Crippen LogP) is 1.49. The molecule has 2 aromatic rings. The fraction of sp³-hybridized carbons (Fsp3) is 0.591. The summed E-state index contributed by atoms with van der Waals surface area (Å²) in [5.41, 5.74) is 4.08. The number of nitrogens with one attached hydrogen (secondary N) is 1. The molecular formula is C22H32N6O. The lowest BCUT2D eigenvalue weighted by Crippen LogP contribution is -2.35. The molecule has 2 atom stereocenters. The first-order chi connectivity index (χ1) is 13.9. The Kier molecular flexibility index (Phi) is 5.69. The van der Waals surface area contributed by atoms with Crippen molar-refractivity contribution < 1.29 is 4.79 Å². The van der Waals surface area contributed by atoms with Gasteiger partial charge in [0.05, 0.1) is 0 Å². The van der Waals surface area contributed by atoms with Gasteiger partial charge in [0, 0.05) is 45.7 Å². The van der Waals surface area contributed by atoms with Gasteiger partial charge in [0.25, 0.3) is 5.91 Å². The van der Waals surface area contributed by atoms with E-state index in [4.69, 9.17) is 0 Å². The first-order valence-electron chi connectivity index (χ1n) is 10.5. The second-order valence-electron chi connectivity index (χ2n) is 8.95. The van der Waals surface area contributed by atoms with Crippen molar-refractivity contribution >= 4 is 5.91 Å². The van der Waals surface area contributed by atoms with E-state index in [1.165, 1.54) is 16.7 Å². The maximum atomic E-state index is 12.6. The molecular weight excluding hydrogens is 364 g/mol. The van der Waals surface area contributed by atoms with Gasteiger partial charge in [0.2, 0.25) is 5.82 Å². The van der Waals surface area contributed by atoms with Gasteiger partial charge in [0.1, 0.15) is 5.82 Å². The summed E-state index contributed by atoms with van der Waals surface area (Å²) in [4.78, 5) is 17.2. The van der Waals surface area contributed by atoms with E-state index < -0.39 is 0 Å². The van der Waals surface area contributed by atoms with Crippen LogP contribution in [0.5, 0.6) is 0 Å². The van der Waals surface area contributed by atoms with Gasteiger partial charge in [-0.2, -0.15) is 0 Å². The van der Waals surface area contributed by atoms with E-state index in [9.17, 15) is 4.79 Å².